The Hall–Kier alpha value is -1.10. The van der Waals surface area contributed by atoms with Gasteiger partial charge in [0.25, 0.3) is 0 Å². The summed E-state index contributed by atoms with van der Waals surface area (Å²) >= 11 is 0. The highest BCUT2D eigenvalue weighted by Gasteiger charge is 2.35. The summed E-state index contributed by atoms with van der Waals surface area (Å²) in [5.74, 6) is 0.187. The minimum Gasteiger partial charge on any atom is -0.354 e. The first-order chi connectivity index (χ1) is 8.62. The van der Waals surface area contributed by atoms with Gasteiger partial charge in [0.2, 0.25) is 11.8 Å². The lowest BCUT2D eigenvalue weighted by Crippen LogP contribution is -2.51. The van der Waals surface area contributed by atoms with Crippen molar-refractivity contribution in [1.29, 1.82) is 0 Å². The van der Waals surface area contributed by atoms with Gasteiger partial charge in [-0.2, -0.15) is 0 Å². The van der Waals surface area contributed by atoms with Crippen molar-refractivity contribution in [3.8, 4) is 0 Å². The minimum absolute atomic E-state index is 0.0224. The Bertz CT molecular complexity index is 318. The van der Waals surface area contributed by atoms with E-state index >= 15 is 0 Å². The second-order valence-electron chi connectivity index (χ2n) is 5.46. The van der Waals surface area contributed by atoms with Gasteiger partial charge in [0.1, 0.15) is 0 Å². The Labute approximate surface area is 108 Å². The van der Waals surface area contributed by atoms with Crippen LogP contribution < -0.4 is 10.6 Å². The van der Waals surface area contributed by atoms with Crippen LogP contribution in [0.4, 0.5) is 0 Å². The monoisotopic (exact) mass is 253 g/mol. The largest absolute Gasteiger partial charge is 0.354 e. The van der Waals surface area contributed by atoms with Gasteiger partial charge in [0, 0.05) is 26.1 Å². The van der Waals surface area contributed by atoms with E-state index in [4.69, 9.17) is 0 Å². The number of amides is 2. The maximum atomic E-state index is 12.0. The molecule has 2 aliphatic rings. The number of carbonyl (C=O) groups is 2. The third kappa shape index (κ3) is 3.02. The van der Waals surface area contributed by atoms with E-state index in [0.29, 0.717) is 13.0 Å². The Morgan fingerprint density at radius 3 is 2.61 bits per heavy atom. The third-order valence-corrected chi connectivity index (χ3v) is 3.95. The second kappa shape index (κ2) is 5.69. The lowest BCUT2D eigenvalue weighted by Gasteiger charge is -2.23. The van der Waals surface area contributed by atoms with Crippen molar-refractivity contribution in [2.75, 3.05) is 26.2 Å². The molecule has 0 spiro atoms. The molecule has 5 nitrogen and oxygen atoms in total. The molecule has 2 N–H and O–H groups in total. The molecular formula is C13H23N3O2. The van der Waals surface area contributed by atoms with Crippen LogP contribution in [0, 0.1) is 0 Å². The molecule has 1 atom stereocenters. The SMILES string of the molecule is CC1(C(=O)NCCC(=O)N2CCCC2)CCCN1. The van der Waals surface area contributed by atoms with Crippen LogP contribution in [0.5, 0.6) is 0 Å². The summed E-state index contributed by atoms with van der Waals surface area (Å²) in [4.78, 5) is 25.6. The molecule has 102 valence electrons. The zero-order valence-corrected chi connectivity index (χ0v) is 11.1. The van der Waals surface area contributed by atoms with Gasteiger partial charge in [-0.05, 0) is 39.2 Å². The highest BCUT2D eigenvalue weighted by molar-refractivity contribution is 5.86. The number of likely N-dealkylation sites (tertiary alicyclic amines) is 1. The van der Waals surface area contributed by atoms with E-state index in [9.17, 15) is 9.59 Å². The molecule has 18 heavy (non-hydrogen) atoms. The van der Waals surface area contributed by atoms with Crippen LogP contribution in [0.15, 0.2) is 0 Å². The number of carbonyl (C=O) groups excluding carboxylic acids is 2. The van der Waals surface area contributed by atoms with Crippen molar-refractivity contribution in [3.63, 3.8) is 0 Å². The zero-order valence-electron chi connectivity index (χ0n) is 11.1. The van der Waals surface area contributed by atoms with Crippen LogP contribution in [-0.2, 0) is 9.59 Å². The molecule has 0 bridgehead atoms. The standard InChI is InChI=1S/C13H23N3O2/c1-13(6-4-7-15-13)12(18)14-8-5-11(17)16-9-2-3-10-16/h15H,2-10H2,1H3,(H,14,18). The van der Waals surface area contributed by atoms with Gasteiger partial charge in [-0.15, -0.1) is 0 Å². The molecule has 5 heteroatoms. The van der Waals surface area contributed by atoms with Gasteiger partial charge in [-0.3, -0.25) is 9.59 Å². The number of nitrogens with zero attached hydrogens (tertiary/aromatic N) is 1. The van der Waals surface area contributed by atoms with Gasteiger partial charge in [0.05, 0.1) is 5.54 Å². The Morgan fingerprint density at radius 2 is 2.00 bits per heavy atom. The van der Waals surface area contributed by atoms with Crippen molar-refractivity contribution >= 4 is 11.8 Å². The molecule has 0 saturated carbocycles. The molecule has 1 unspecified atom stereocenters. The van der Waals surface area contributed by atoms with Gasteiger partial charge in [-0.1, -0.05) is 0 Å². The number of rotatable bonds is 4. The third-order valence-electron chi connectivity index (χ3n) is 3.95. The summed E-state index contributed by atoms with van der Waals surface area (Å²) < 4.78 is 0. The Balaban J connectivity index is 1.68. The van der Waals surface area contributed by atoms with Crippen molar-refractivity contribution in [2.24, 2.45) is 0 Å². The van der Waals surface area contributed by atoms with Crippen LogP contribution in [0.1, 0.15) is 39.0 Å². The molecule has 0 radical (unpaired) electrons. The average molecular weight is 253 g/mol. The second-order valence-corrected chi connectivity index (χ2v) is 5.46. The molecule has 2 rings (SSSR count). The maximum Gasteiger partial charge on any atom is 0.240 e. The highest BCUT2D eigenvalue weighted by atomic mass is 16.2. The van der Waals surface area contributed by atoms with E-state index in [-0.39, 0.29) is 11.8 Å². The predicted molar refractivity (Wildman–Crippen MR) is 69.1 cm³/mol. The summed E-state index contributed by atoms with van der Waals surface area (Å²) in [6, 6.07) is 0. The molecule has 2 aliphatic heterocycles. The lowest BCUT2D eigenvalue weighted by molar-refractivity contribution is -0.130. The molecule has 2 saturated heterocycles. The van der Waals surface area contributed by atoms with Gasteiger partial charge in [-0.25, -0.2) is 0 Å². The van der Waals surface area contributed by atoms with Crippen molar-refractivity contribution in [1.82, 2.24) is 15.5 Å². The molecule has 2 heterocycles. The molecule has 0 aromatic rings. The maximum absolute atomic E-state index is 12.0. The molecule has 0 aromatic carbocycles. The van der Waals surface area contributed by atoms with Crippen LogP contribution >= 0.6 is 0 Å². The van der Waals surface area contributed by atoms with Crippen LogP contribution in [0.3, 0.4) is 0 Å². The number of hydrogen-bond donors (Lipinski definition) is 2. The topological polar surface area (TPSA) is 61.4 Å². The lowest BCUT2D eigenvalue weighted by atomic mass is 9.99. The van der Waals surface area contributed by atoms with E-state index in [1.165, 1.54) is 0 Å². The van der Waals surface area contributed by atoms with E-state index in [2.05, 4.69) is 10.6 Å². The smallest absolute Gasteiger partial charge is 0.240 e. The fourth-order valence-corrected chi connectivity index (χ4v) is 2.69. The summed E-state index contributed by atoms with van der Waals surface area (Å²) in [6.45, 7) is 5.04. The summed E-state index contributed by atoms with van der Waals surface area (Å²) in [6.07, 6.45) is 4.55. The van der Waals surface area contributed by atoms with Gasteiger partial charge < -0.3 is 15.5 Å². The molecule has 2 amide bonds. The van der Waals surface area contributed by atoms with E-state index in [1.807, 2.05) is 11.8 Å². The van der Waals surface area contributed by atoms with E-state index < -0.39 is 5.54 Å². The first-order valence-electron chi connectivity index (χ1n) is 6.93. The quantitative estimate of drug-likeness (QED) is 0.755. The van der Waals surface area contributed by atoms with Gasteiger partial charge in [0.15, 0.2) is 0 Å². The van der Waals surface area contributed by atoms with Crippen LogP contribution in [-0.4, -0.2) is 48.4 Å². The van der Waals surface area contributed by atoms with Gasteiger partial charge >= 0.3 is 0 Å². The zero-order chi connectivity index (χ0) is 13.0. The Morgan fingerprint density at radius 1 is 1.28 bits per heavy atom. The molecule has 2 fully saturated rings. The fourth-order valence-electron chi connectivity index (χ4n) is 2.69. The first-order valence-corrected chi connectivity index (χ1v) is 6.93. The predicted octanol–water partition coefficient (Wildman–Crippen LogP) is 0.257. The van der Waals surface area contributed by atoms with Crippen molar-refractivity contribution in [2.45, 2.75) is 44.6 Å². The number of hydrogen-bond acceptors (Lipinski definition) is 3. The summed E-state index contributed by atoms with van der Waals surface area (Å²) in [7, 11) is 0. The highest BCUT2D eigenvalue weighted by Crippen LogP contribution is 2.18. The van der Waals surface area contributed by atoms with E-state index in [0.717, 1.165) is 45.3 Å². The van der Waals surface area contributed by atoms with E-state index in [1.54, 1.807) is 0 Å². The molecule has 0 aromatic heterocycles. The minimum atomic E-state index is -0.434. The molecule has 0 aliphatic carbocycles. The summed E-state index contributed by atoms with van der Waals surface area (Å²) in [5.41, 5.74) is -0.434. The normalized spacial score (nSPS) is 27.5. The average Bonchev–Trinajstić information content (AvgIpc) is 3.00. The summed E-state index contributed by atoms with van der Waals surface area (Å²) in [5, 5.41) is 6.09. The molecular weight excluding hydrogens is 230 g/mol. The Kier molecular flexibility index (Phi) is 4.22. The van der Waals surface area contributed by atoms with Crippen LogP contribution in [0.2, 0.25) is 0 Å². The van der Waals surface area contributed by atoms with Crippen molar-refractivity contribution < 1.29 is 9.59 Å². The first kappa shape index (κ1) is 13.3. The van der Waals surface area contributed by atoms with Crippen molar-refractivity contribution in [3.05, 3.63) is 0 Å². The van der Waals surface area contributed by atoms with Crippen LogP contribution in [0.25, 0.3) is 0 Å². The number of nitrogens with one attached hydrogen (secondary N) is 2. The fraction of sp³-hybridized carbons (Fsp3) is 0.846.